The maximum atomic E-state index is 13.1. The molecule has 0 aliphatic carbocycles. The Labute approximate surface area is 202 Å². The normalized spacial score (nSPS) is 11.7. The molecule has 0 spiro atoms. The van der Waals surface area contributed by atoms with Gasteiger partial charge in [-0.1, -0.05) is 11.6 Å². The minimum absolute atomic E-state index is 0.179. The Morgan fingerprint density at radius 1 is 1.03 bits per heavy atom. The van der Waals surface area contributed by atoms with Gasteiger partial charge in [-0.2, -0.15) is 10.2 Å². The van der Waals surface area contributed by atoms with E-state index in [9.17, 15) is 9.59 Å². The highest BCUT2D eigenvalue weighted by Crippen LogP contribution is 2.40. The summed E-state index contributed by atoms with van der Waals surface area (Å²) in [6.45, 7) is 5.63. The number of benzene rings is 2. The number of Topliss-reactive ketones (excluding diaryl/α,β-unsaturated/α-hetero) is 1. The van der Waals surface area contributed by atoms with Crippen molar-refractivity contribution in [2.24, 2.45) is 10.2 Å². The summed E-state index contributed by atoms with van der Waals surface area (Å²) in [5.41, 5.74) is 0.411. The molecule has 33 heavy (non-hydrogen) atoms. The number of ketones is 1. The summed E-state index contributed by atoms with van der Waals surface area (Å²) >= 11 is 12.4. The van der Waals surface area contributed by atoms with Crippen molar-refractivity contribution in [2.75, 3.05) is 31.9 Å². The zero-order valence-corrected chi connectivity index (χ0v) is 20.4. The molecule has 0 N–H and O–H groups in total. The topological polar surface area (TPSA) is 99.0 Å². The van der Waals surface area contributed by atoms with Gasteiger partial charge in [-0.3, -0.25) is 9.59 Å². The van der Waals surface area contributed by atoms with Crippen LogP contribution in [0.15, 0.2) is 40.6 Å². The zero-order chi connectivity index (χ0) is 24.5. The second-order valence-corrected chi connectivity index (χ2v) is 7.28. The number of halogens is 2. The van der Waals surface area contributed by atoms with E-state index in [-0.39, 0.29) is 17.1 Å². The van der Waals surface area contributed by atoms with Crippen LogP contribution in [0.1, 0.15) is 20.8 Å². The van der Waals surface area contributed by atoms with E-state index in [1.165, 1.54) is 33.3 Å². The monoisotopic (exact) mass is 497 g/mol. The minimum atomic E-state index is -1.52. The number of hydrogen-bond donors (Lipinski definition) is 0. The first-order valence-electron chi connectivity index (χ1n) is 9.99. The Morgan fingerprint density at radius 3 is 2.30 bits per heavy atom. The lowest BCUT2D eigenvalue weighted by molar-refractivity contribution is -0.126. The molecule has 1 unspecified atom stereocenters. The fourth-order valence-corrected chi connectivity index (χ4v) is 3.26. The lowest BCUT2D eigenvalue weighted by Gasteiger charge is -2.20. The Hall–Kier alpha value is -3.04. The maximum absolute atomic E-state index is 13.1. The summed E-state index contributed by atoms with van der Waals surface area (Å²) in [6, 6.07) is 6.29. The van der Waals surface area contributed by atoms with Crippen LogP contribution in [0.25, 0.3) is 0 Å². The smallest absolute Gasteiger partial charge is 0.276 e. The fourth-order valence-electron chi connectivity index (χ4n) is 2.82. The summed E-state index contributed by atoms with van der Waals surface area (Å²) < 4.78 is 22.3. The van der Waals surface area contributed by atoms with Crippen LogP contribution >= 0.6 is 23.4 Å². The van der Waals surface area contributed by atoms with E-state index in [1.54, 1.807) is 25.1 Å². The number of anilines is 1. The third-order valence-electron chi connectivity index (χ3n) is 4.27. The van der Waals surface area contributed by atoms with E-state index in [4.69, 9.17) is 42.3 Å². The van der Waals surface area contributed by atoms with Gasteiger partial charge in [0.15, 0.2) is 17.3 Å². The second-order valence-electron chi connectivity index (χ2n) is 6.50. The molecule has 0 aromatic heterocycles. The predicted molar refractivity (Wildman–Crippen MR) is 126 cm³/mol. The lowest BCUT2D eigenvalue weighted by atomic mass is 10.2. The van der Waals surface area contributed by atoms with Crippen LogP contribution in [-0.2, 0) is 9.59 Å². The van der Waals surface area contributed by atoms with Gasteiger partial charge in [0, 0.05) is 28.9 Å². The van der Waals surface area contributed by atoms with Crippen molar-refractivity contribution >= 4 is 46.4 Å². The summed E-state index contributed by atoms with van der Waals surface area (Å²) in [6.07, 6.45) is 0. The average Bonchev–Trinajstić information content (AvgIpc) is 2.78. The van der Waals surface area contributed by atoms with Gasteiger partial charge < -0.3 is 18.9 Å². The molecule has 0 fully saturated rings. The second kappa shape index (κ2) is 12.3. The van der Waals surface area contributed by atoms with E-state index in [2.05, 4.69) is 10.2 Å². The molecular weight excluding hydrogens is 473 g/mol. The standard InChI is InChI=1S/C22H25Cl2N3O6/c1-6-32-15-8-9-17(18(12-15)33-7-2)27(24)22(29)20(13(3)28)26-25-16-10-14(23)11-19(30-4)21(16)31-5/h8-12,20H,6-7H2,1-5H3. The molecule has 0 saturated heterocycles. The van der Waals surface area contributed by atoms with Crippen molar-refractivity contribution in [3.63, 3.8) is 0 Å². The van der Waals surface area contributed by atoms with Crippen molar-refractivity contribution in [1.82, 2.24) is 0 Å². The van der Waals surface area contributed by atoms with Crippen LogP contribution in [0.5, 0.6) is 23.0 Å². The summed E-state index contributed by atoms with van der Waals surface area (Å²) in [7, 11) is 2.86. The van der Waals surface area contributed by atoms with Crippen molar-refractivity contribution in [2.45, 2.75) is 26.8 Å². The average molecular weight is 498 g/mol. The van der Waals surface area contributed by atoms with Crippen LogP contribution in [0.4, 0.5) is 11.4 Å². The Bertz CT molecular complexity index is 1030. The van der Waals surface area contributed by atoms with E-state index in [0.717, 1.165) is 4.42 Å². The third-order valence-corrected chi connectivity index (χ3v) is 4.84. The maximum Gasteiger partial charge on any atom is 0.276 e. The van der Waals surface area contributed by atoms with Gasteiger partial charge in [0.05, 0.1) is 27.4 Å². The minimum Gasteiger partial charge on any atom is -0.494 e. The summed E-state index contributed by atoms with van der Waals surface area (Å²) in [5.74, 6) is 0.0456. The molecule has 1 amide bonds. The number of amides is 1. The predicted octanol–water partition coefficient (Wildman–Crippen LogP) is 5.38. The number of ether oxygens (including phenoxy) is 4. The molecule has 2 aromatic rings. The van der Waals surface area contributed by atoms with Crippen molar-refractivity contribution < 1.29 is 28.5 Å². The molecule has 0 heterocycles. The van der Waals surface area contributed by atoms with Gasteiger partial charge in [0.1, 0.15) is 22.9 Å². The number of hydrogen-bond acceptors (Lipinski definition) is 8. The molecule has 2 aromatic carbocycles. The summed E-state index contributed by atoms with van der Waals surface area (Å²) in [5, 5.41) is 8.26. The number of azo groups is 1. The van der Waals surface area contributed by atoms with E-state index in [0.29, 0.717) is 35.5 Å². The molecule has 1 atom stereocenters. The Morgan fingerprint density at radius 2 is 1.73 bits per heavy atom. The zero-order valence-electron chi connectivity index (χ0n) is 18.9. The Balaban J connectivity index is 2.40. The van der Waals surface area contributed by atoms with Crippen LogP contribution in [0, 0.1) is 0 Å². The van der Waals surface area contributed by atoms with Gasteiger partial charge >= 0.3 is 0 Å². The largest absolute Gasteiger partial charge is 0.494 e. The quantitative estimate of drug-likeness (QED) is 0.234. The molecule has 0 saturated carbocycles. The van der Waals surface area contributed by atoms with Crippen LogP contribution in [0.3, 0.4) is 0 Å². The van der Waals surface area contributed by atoms with Gasteiger partial charge in [-0.25, -0.2) is 4.42 Å². The van der Waals surface area contributed by atoms with E-state index in [1.807, 2.05) is 6.92 Å². The fraction of sp³-hybridized carbons (Fsp3) is 0.364. The van der Waals surface area contributed by atoms with Crippen LogP contribution in [-0.4, -0.2) is 45.2 Å². The molecule has 0 bridgehead atoms. The van der Waals surface area contributed by atoms with Crippen LogP contribution < -0.4 is 23.4 Å². The number of methoxy groups -OCH3 is 2. The number of rotatable bonds is 11. The molecule has 0 aliphatic heterocycles. The highest BCUT2D eigenvalue weighted by atomic mass is 35.5. The van der Waals surface area contributed by atoms with Crippen molar-refractivity contribution in [3.05, 3.63) is 35.4 Å². The van der Waals surface area contributed by atoms with Gasteiger partial charge in [-0.15, -0.1) is 0 Å². The first-order chi connectivity index (χ1) is 15.8. The highest BCUT2D eigenvalue weighted by Gasteiger charge is 2.30. The van der Waals surface area contributed by atoms with Gasteiger partial charge in [0.2, 0.25) is 6.04 Å². The first kappa shape index (κ1) is 26.2. The molecule has 2 rings (SSSR count). The van der Waals surface area contributed by atoms with Gasteiger partial charge in [0.25, 0.3) is 5.91 Å². The molecule has 9 nitrogen and oxygen atoms in total. The third kappa shape index (κ3) is 6.49. The van der Waals surface area contributed by atoms with Crippen molar-refractivity contribution in [1.29, 1.82) is 0 Å². The van der Waals surface area contributed by atoms with E-state index < -0.39 is 17.7 Å². The van der Waals surface area contributed by atoms with Crippen LogP contribution in [0.2, 0.25) is 5.02 Å². The molecule has 178 valence electrons. The van der Waals surface area contributed by atoms with Crippen molar-refractivity contribution in [3.8, 4) is 23.0 Å². The molecule has 0 radical (unpaired) electrons. The number of nitrogens with zero attached hydrogens (tertiary/aromatic N) is 3. The van der Waals surface area contributed by atoms with E-state index >= 15 is 0 Å². The number of carbonyl (C=O) groups is 2. The number of carbonyl (C=O) groups excluding carboxylic acids is 2. The van der Waals surface area contributed by atoms with Gasteiger partial charge in [-0.05, 0) is 39.0 Å². The Kier molecular flexibility index (Phi) is 9.74. The SMILES string of the molecule is CCOc1ccc(N(Cl)C(=O)C(N=Nc2cc(Cl)cc(OC)c2OC)C(C)=O)c(OCC)c1. The summed E-state index contributed by atoms with van der Waals surface area (Å²) in [4.78, 5) is 25.3. The lowest BCUT2D eigenvalue weighted by Crippen LogP contribution is -2.36. The molecule has 11 heteroatoms. The highest BCUT2D eigenvalue weighted by molar-refractivity contribution is 6.39. The molecular formula is C22H25Cl2N3O6. The molecule has 0 aliphatic rings. The first-order valence-corrected chi connectivity index (χ1v) is 10.7.